The largest absolute Gasteiger partial charge is 0.381 e. The molecule has 0 radical (unpaired) electrons. The normalized spacial score (nSPS) is 20.4. The van der Waals surface area contributed by atoms with E-state index in [2.05, 4.69) is 30.5 Å². The van der Waals surface area contributed by atoms with Crippen LogP contribution in [-0.2, 0) is 11.3 Å². The topological polar surface area (TPSA) is 75.2 Å². The van der Waals surface area contributed by atoms with Crippen molar-refractivity contribution >= 4 is 23.1 Å². The number of aromatic nitrogens is 3. The van der Waals surface area contributed by atoms with Crippen LogP contribution >= 0.6 is 0 Å². The van der Waals surface area contributed by atoms with Gasteiger partial charge in [0, 0.05) is 61.2 Å². The van der Waals surface area contributed by atoms with E-state index in [1.807, 2.05) is 18.3 Å². The average molecular weight is 310 g/mol. The SMILES string of the molecule is c1nc(Nc2cc3c(cn2)CN3)cc(N2CC3(CCOC3)C2)n1. The monoisotopic (exact) mass is 310 g/mol. The zero-order valence-electron chi connectivity index (χ0n) is 12.7. The summed E-state index contributed by atoms with van der Waals surface area (Å²) in [4.78, 5) is 15.4. The summed E-state index contributed by atoms with van der Waals surface area (Å²) in [5.41, 5.74) is 2.75. The zero-order valence-corrected chi connectivity index (χ0v) is 12.7. The molecule has 2 saturated heterocycles. The van der Waals surface area contributed by atoms with E-state index in [0.29, 0.717) is 5.41 Å². The molecule has 2 aromatic rings. The van der Waals surface area contributed by atoms with Crippen LogP contribution < -0.4 is 15.5 Å². The summed E-state index contributed by atoms with van der Waals surface area (Å²) < 4.78 is 5.53. The smallest absolute Gasteiger partial charge is 0.137 e. The molecule has 5 rings (SSSR count). The molecule has 2 aromatic heterocycles. The molecule has 0 bridgehead atoms. The Bertz CT molecular complexity index is 750. The molecule has 0 atom stereocenters. The number of hydrogen-bond donors (Lipinski definition) is 2. The van der Waals surface area contributed by atoms with Crippen molar-refractivity contribution in [3.63, 3.8) is 0 Å². The number of fused-ring (bicyclic) bond motifs is 1. The molecular formula is C16H18N6O. The molecule has 7 nitrogen and oxygen atoms in total. The lowest BCUT2D eigenvalue weighted by Crippen LogP contribution is -2.57. The summed E-state index contributed by atoms with van der Waals surface area (Å²) in [6, 6.07) is 3.99. The number of anilines is 4. The minimum Gasteiger partial charge on any atom is -0.381 e. The highest BCUT2D eigenvalue weighted by Gasteiger charge is 2.46. The van der Waals surface area contributed by atoms with Crippen LogP contribution in [0, 0.1) is 5.41 Å². The first-order valence-corrected chi connectivity index (χ1v) is 7.94. The number of nitrogens with one attached hydrogen (secondary N) is 2. The van der Waals surface area contributed by atoms with Crippen molar-refractivity contribution in [1.29, 1.82) is 0 Å². The van der Waals surface area contributed by atoms with E-state index in [1.165, 1.54) is 5.56 Å². The third-order valence-corrected chi connectivity index (χ3v) is 4.93. The van der Waals surface area contributed by atoms with Crippen LogP contribution in [0.25, 0.3) is 0 Å². The second-order valence-electron chi connectivity index (χ2n) is 6.63. The molecule has 1 spiro atoms. The predicted molar refractivity (Wildman–Crippen MR) is 87.0 cm³/mol. The molecule has 3 aliphatic heterocycles. The van der Waals surface area contributed by atoms with Gasteiger partial charge in [0.1, 0.15) is 23.8 Å². The molecule has 7 heteroatoms. The molecule has 0 aliphatic carbocycles. The summed E-state index contributed by atoms with van der Waals surface area (Å²) >= 11 is 0. The highest BCUT2D eigenvalue weighted by atomic mass is 16.5. The molecule has 0 saturated carbocycles. The fraction of sp³-hybridized carbons (Fsp3) is 0.438. The van der Waals surface area contributed by atoms with E-state index >= 15 is 0 Å². The van der Waals surface area contributed by atoms with Gasteiger partial charge in [0.15, 0.2) is 0 Å². The Labute approximate surface area is 134 Å². The number of nitrogens with zero attached hydrogens (tertiary/aromatic N) is 4. The Morgan fingerprint density at radius 2 is 2.09 bits per heavy atom. The van der Waals surface area contributed by atoms with E-state index in [-0.39, 0.29) is 0 Å². The van der Waals surface area contributed by atoms with Crippen LogP contribution in [0.1, 0.15) is 12.0 Å². The average Bonchev–Trinajstić information content (AvgIpc) is 2.99. The molecule has 0 amide bonds. The Morgan fingerprint density at radius 3 is 2.83 bits per heavy atom. The first-order chi connectivity index (χ1) is 11.3. The van der Waals surface area contributed by atoms with Crippen molar-refractivity contribution in [3.05, 3.63) is 30.2 Å². The van der Waals surface area contributed by atoms with Gasteiger partial charge in [-0.25, -0.2) is 15.0 Å². The first-order valence-electron chi connectivity index (χ1n) is 7.94. The minimum atomic E-state index is 0.355. The van der Waals surface area contributed by atoms with Crippen molar-refractivity contribution in [2.75, 3.05) is 41.8 Å². The number of hydrogen-bond acceptors (Lipinski definition) is 7. The lowest BCUT2D eigenvalue weighted by Gasteiger charge is -2.47. The standard InChI is InChI=1S/C16H18N6O/c1-2-23-9-16(1)7-22(8-16)15-4-14(19-10-20-15)21-13-3-12-11(5-17-12)6-18-13/h3-4,6,10,17H,1-2,5,7-9H2,(H,18,19,20,21). The summed E-state index contributed by atoms with van der Waals surface area (Å²) in [6.45, 7) is 4.71. The molecule has 5 heterocycles. The predicted octanol–water partition coefficient (Wildman–Crippen LogP) is 1.77. The van der Waals surface area contributed by atoms with Crippen LogP contribution in [0.4, 0.5) is 23.1 Å². The first kappa shape index (κ1) is 13.1. The second kappa shape index (κ2) is 4.79. The van der Waals surface area contributed by atoms with E-state index in [4.69, 9.17) is 4.74 Å². The van der Waals surface area contributed by atoms with Gasteiger partial charge in [0.25, 0.3) is 0 Å². The third-order valence-electron chi connectivity index (χ3n) is 4.93. The number of ether oxygens (including phenoxy) is 1. The van der Waals surface area contributed by atoms with Crippen LogP contribution in [0.3, 0.4) is 0 Å². The number of rotatable bonds is 3. The molecule has 2 fully saturated rings. The fourth-order valence-corrected chi connectivity index (χ4v) is 3.49. The zero-order chi connectivity index (χ0) is 15.3. The molecule has 118 valence electrons. The van der Waals surface area contributed by atoms with Gasteiger partial charge in [-0.1, -0.05) is 0 Å². The van der Waals surface area contributed by atoms with Gasteiger partial charge in [-0.2, -0.15) is 0 Å². The Kier molecular flexibility index (Phi) is 2.72. The van der Waals surface area contributed by atoms with Crippen molar-refractivity contribution < 1.29 is 4.74 Å². The van der Waals surface area contributed by atoms with E-state index in [9.17, 15) is 0 Å². The van der Waals surface area contributed by atoms with Crippen molar-refractivity contribution in [2.24, 2.45) is 5.41 Å². The maximum atomic E-state index is 5.53. The summed E-state index contributed by atoms with van der Waals surface area (Å²) in [7, 11) is 0. The van der Waals surface area contributed by atoms with Gasteiger partial charge in [-0.15, -0.1) is 0 Å². The van der Waals surface area contributed by atoms with E-state index < -0.39 is 0 Å². The van der Waals surface area contributed by atoms with Gasteiger partial charge in [0.05, 0.1) is 6.61 Å². The Hall–Kier alpha value is -2.41. The van der Waals surface area contributed by atoms with Crippen molar-refractivity contribution in [1.82, 2.24) is 15.0 Å². The van der Waals surface area contributed by atoms with Crippen LogP contribution in [-0.4, -0.2) is 41.3 Å². The van der Waals surface area contributed by atoms with Gasteiger partial charge >= 0.3 is 0 Å². The molecule has 3 aliphatic rings. The molecule has 0 aromatic carbocycles. The van der Waals surface area contributed by atoms with Crippen LogP contribution in [0.5, 0.6) is 0 Å². The maximum Gasteiger partial charge on any atom is 0.137 e. The Balaban J connectivity index is 1.31. The van der Waals surface area contributed by atoms with Crippen molar-refractivity contribution in [3.8, 4) is 0 Å². The molecule has 2 N–H and O–H groups in total. The van der Waals surface area contributed by atoms with Gasteiger partial charge in [-0.05, 0) is 6.42 Å². The van der Waals surface area contributed by atoms with Crippen LogP contribution in [0.2, 0.25) is 0 Å². The quantitative estimate of drug-likeness (QED) is 0.894. The van der Waals surface area contributed by atoms with Gasteiger partial charge in [0.2, 0.25) is 0 Å². The molecule has 23 heavy (non-hydrogen) atoms. The van der Waals surface area contributed by atoms with Crippen LogP contribution in [0.15, 0.2) is 24.7 Å². The second-order valence-corrected chi connectivity index (χ2v) is 6.63. The van der Waals surface area contributed by atoms with Crippen molar-refractivity contribution in [2.45, 2.75) is 13.0 Å². The maximum absolute atomic E-state index is 5.53. The number of pyridine rings is 1. The van der Waals surface area contributed by atoms with Gasteiger partial charge < -0.3 is 20.3 Å². The minimum absolute atomic E-state index is 0.355. The molecule has 0 unspecified atom stereocenters. The molecular weight excluding hydrogens is 292 g/mol. The highest BCUT2D eigenvalue weighted by molar-refractivity contribution is 5.66. The highest BCUT2D eigenvalue weighted by Crippen LogP contribution is 2.40. The van der Waals surface area contributed by atoms with Gasteiger partial charge in [-0.3, -0.25) is 0 Å². The lowest BCUT2D eigenvalue weighted by atomic mass is 9.79. The Morgan fingerprint density at radius 1 is 1.17 bits per heavy atom. The van der Waals surface area contributed by atoms with E-state index in [0.717, 1.165) is 62.4 Å². The van der Waals surface area contributed by atoms with E-state index in [1.54, 1.807) is 6.33 Å². The third kappa shape index (κ3) is 2.19. The fourth-order valence-electron chi connectivity index (χ4n) is 3.49. The lowest BCUT2D eigenvalue weighted by molar-refractivity contribution is 0.131. The summed E-state index contributed by atoms with van der Waals surface area (Å²) in [5.74, 6) is 2.53. The summed E-state index contributed by atoms with van der Waals surface area (Å²) in [6.07, 6.45) is 4.66. The summed E-state index contributed by atoms with van der Waals surface area (Å²) in [5, 5.41) is 6.51.